The van der Waals surface area contributed by atoms with Gasteiger partial charge in [-0.05, 0) is 42.9 Å². The highest BCUT2D eigenvalue weighted by molar-refractivity contribution is 6.02. The Kier molecular flexibility index (Phi) is 2.04. The Balaban J connectivity index is 1.85. The van der Waals surface area contributed by atoms with Gasteiger partial charge >= 0.3 is 0 Å². The molecule has 0 saturated heterocycles. The number of pyridine rings is 2. The van der Waals surface area contributed by atoms with Gasteiger partial charge < -0.3 is 0 Å². The summed E-state index contributed by atoms with van der Waals surface area (Å²) in [6.07, 6.45) is 7.20. The van der Waals surface area contributed by atoms with E-state index in [-0.39, 0.29) is 0 Å². The lowest BCUT2D eigenvalue weighted by Gasteiger charge is -2.10. The highest BCUT2D eigenvalue weighted by Crippen LogP contribution is 2.48. The van der Waals surface area contributed by atoms with Crippen molar-refractivity contribution in [2.45, 2.75) is 31.6 Å². The Hall–Kier alpha value is -1.96. The average Bonchev–Trinajstić information content (AvgIpc) is 3.06. The molecular weight excluding hydrogens is 244 g/mol. The van der Waals surface area contributed by atoms with Crippen LogP contribution >= 0.6 is 0 Å². The van der Waals surface area contributed by atoms with Gasteiger partial charge in [-0.15, -0.1) is 0 Å². The molecule has 5 rings (SSSR count). The van der Waals surface area contributed by atoms with E-state index in [4.69, 9.17) is 4.98 Å². The summed E-state index contributed by atoms with van der Waals surface area (Å²) in [7, 11) is 0. The van der Waals surface area contributed by atoms with Crippen molar-refractivity contribution in [2.75, 3.05) is 0 Å². The van der Waals surface area contributed by atoms with Gasteiger partial charge in [-0.1, -0.05) is 24.6 Å². The highest BCUT2D eigenvalue weighted by atomic mass is 14.8. The van der Waals surface area contributed by atoms with Gasteiger partial charge in [0, 0.05) is 28.6 Å². The van der Waals surface area contributed by atoms with Crippen LogP contribution in [0.25, 0.3) is 21.8 Å². The van der Waals surface area contributed by atoms with E-state index in [9.17, 15) is 0 Å². The summed E-state index contributed by atoms with van der Waals surface area (Å²) in [6.45, 7) is 0. The predicted molar refractivity (Wildman–Crippen MR) is 80.8 cm³/mol. The molecule has 20 heavy (non-hydrogen) atoms. The van der Waals surface area contributed by atoms with Crippen molar-refractivity contribution in [3.8, 4) is 0 Å². The molecule has 2 nitrogen and oxygen atoms in total. The van der Waals surface area contributed by atoms with E-state index in [1.54, 1.807) is 0 Å². The largest absolute Gasteiger partial charge is 0.254 e. The Morgan fingerprint density at radius 1 is 1.00 bits per heavy atom. The van der Waals surface area contributed by atoms with Crippen LogP contribution in [0.3, 0.4) is 0 Å². The fourth-order valence-electron chi connectivity index (χ4n) is 4.24. The summed E-state index contributed by atoms with van der Waals surface area (Å²) < 4.78 is 0. The van der Waals surface area contributed by atoms with E-state index in [0.29, 0.717) is 5.92 Å². The normalized spacial score (nSPS) is 24.2. The van der Waals surface area contributed by atoms with Crippen molar-refractivity contribution < 1.29 is 0 Å². The standard InChI is InChI=1S/C18H16N2/c1-3-12-9-14-10-13-7-6-11-4-2-8-19-17(11)18(13)20-16(14)15(12)5-1/h2,4,6-8,10,12,15H,1,3,5,9H2/t12-,15-/m0/s1. The number of nitrogens with zero attached hydrogens (tertiary/aromatic N) is 2. The number of benzene rings is 1. The zero-order valence-corrected chi connectivity index (χ0v) is 11.3. The van der Waals surface area contributed by atoms with Crippen LogP contribution in [0.4, 0.5) is 0 Å². The highest BCUT2D eigenvalue weighted by Gasteiger charge is 2.37. The third kappa shape index (κ3) is 1.34. The number of hydrogen-bond acceptors (Lipinski definition) is 2. The number of hydrogen-bond donors (Lipinski definition) is 0. The summed E-state index contributed by atoms with van der Waals surface area (Å²) in [6, 6.07) is 10.8. The van der Waals surface area contributed by atoms with Gasteiger partial charge in [0.15, 0.2) is 0 Å². The minimum absolute atomic E-state index is 0.716. The molecule has 3 aromatic rings. The molecule has 2 heteroatoms. The molecule has 0 amide bonds. The molecule has 0 aliphatic heterocycles. The lowest BCUT2D eigenvalue weighted by atomic mass is 9.99. The van der Waals surface area contributed by atoms with Crippen molar-refractivity contribution in [3.05, 3.63) is 47.8 Å². The topological polar surface area (TPSA) is 25.8 Å². The Bertz CT molecular complexity index is 837. The molecule has 2 heterocycles. The fraction of sp³-hybridized carbons (Fsp3) is 0.333. The molecule has 1 aromatic carbocycles. The molecule has 0 spiro atoms. The molecule has 98 valence electrons. The lowest BCUT2D eigenvalue weighted by Crippen LogP contribution is -1.99. The third-order valence-electron chi connectivity index (χ3n) is 5.16. The minimum Gasteiger partial charge on any atom is -0.254 e. The molecule has 2 aliphatic carbocycles. The van der Waals surface area contributed by atoms with Crippen molar-refractivity contribution in [2.24, 2.45) is 5.92 Å². The number of rotatable bonds is 0. The summed E-state index contributed by atoms with van der Waals surface area (Å²) >= 11 is 0. The Labute approximate surface area is 117 Å². The molecular formula is C18H16N2. The maximum absolute atomic E-state index is 5.06. The van der Waals surface area contributed by atoms with Gasteiger partial charge in [0.25, 0.3) is 0 Å². The van der Waals surface area contributed by atoms with Crippen LogP contribution in [0.15, 0.2) is 36.5 Å². The van der Waals surface area contributed by atoms with E-state index >= 15 is 0 Å². The second kappa shape index (κ2) is 3.78. The Morgan fingerprint density at radius 2 is 1.95 bits per heavy atom. The zero-order valence-electron chi connectivity index (χ0n) is 11.3. The van der Waals surface area contributed by atoms with E-state index in [2.05, 4.69) is 29.2 Å². The van der Waals surface area contributed by atoms with Crippen LogP contribution in [-0.2, 0) is 6.42 Å². The predicted octanol–water partition coefficient (Wildman–Crippen LogP) is 4.22. The second-order valence-electron chi connectivity index (χ2n) is 6.25. The van der Waals surface area contributed by atoms with Crippen molar-refractivity contribution in [1.29, 1.82) is 0 Å². The monoisotopic (exact) mass is 260 g/mol. The van der Waals surface area contributed by atoms with E-state index in [0.717, 1.165) is 17.0 Å². The van der Waals surface area contributed by atoms with Crippen LogP contribution in [0, 0.1) is 5.92 Å². The molecule has 0 bridgehead atoms. The van der Waals surface area contributed by atoms with Crippen molar-refractivity contribution in [1.82, 2.24) is 9.97 Å². The van der Waals surface area contributed by atoms with Gasteiger partial charge in [-0.25, -0.2) is 4.98 Å². The molecule has 2 atom stereocenters. The first-order chi connectivity index (χ1) is 9.90. The fourth-order valence-corrected chi connectivity index (χ4v) is 4.24. The molecule has 0 unspecified atom stereocenters. The molecule has 2 aromatic heterocycles. The summed E-state index contributed by atoms with van der Waals surface area (Å²) in [5.74, 6) is 1.57. The quantitative estimate of drug-likeness (QED) is 0.565. The smallest absolute Gasteiger partial charge is 0.0968 e. The first kappa shape index (κ1) is 10.8. The number of aromatic nitrogens is 2. The lowest BCUT2D eigenvalue weighted by molar-refractivity contribution is 0.522. The Morgan fingerprint density at radius 3 is 2.95 bits per heavy atom. The first-order valence-corrected chi connectivity index (χ1v) is 7.57. The molecule has 0 N–H and O–H groups in total. The SMILES string of the molecule is c1cnc2c(c1)ccc1cc3c(nc12)[C@H]1CCC[C@H]1C3. The van der Waals surface area contributed by atoms with E-state index in [1.807, 2.05) is 12.3 Å². The van der Waals surface area contributed by atoms with Crippen LogP contribution < -0.4 is 0 Å². The van der Waals surface area contributed by atoms with Gasteiger partial charge in [-0.2, -0.15) is 0 Å². The summed E-state index contributed by atoms with van der Waals surface area (Å²) in [5.41, 5.74) is 5.00. The molecule has 1 fully saturated rings. The number of fused-ring (bicyclic) bond motifs is 6. The maximum Gasteiger partial charge on any atom is 0.0968 e. The summed E-state index contributed by atoms with van der Waals surface area (Å²) in [4.78, 5) is 9.62. The van der Waals surface area contributed by atoms with Crippen molar-refractivity contribution >= 4 is 21.8 Å². The average molecular weight is 260 g/mol. The van der Waals surface area contributed by atoms with Crippen LogP contribution in [-0.4, -0.2) is 9.97 Å². The van der Waals surface area contributed by atoms with Crippen LogP contribution in [0.1, 0.15) is 36.4 Å². The second-order valence-corrected chi connectivity index (χ2v) is 6.25. The summed E-state index contributed by atoms with van der Waals surface area (Å²) in [5, 5.41) is 2.43. The first-order valence-electron chi connectivity index (χ1n) is 7.57. The molecule has 0 radical (unpaired) electrons. The van der Waals surface area contributed by atoms with Gasteiger partial charge in [0.2, 0.25) is 0 Å². The molecule has 1 saturated carbocycles. The zero-order chi connectivity index (χ0) is 13.1. The third-order valence-corrected chi connectivity index (χ3v) is 5.16. The van der Waals surface area contributed by atoms with Crippen LogP contribution in [0.5, 0.6) is 0 Å². The minimum atomic E-state index is 0.716. The van der Waals surface area contributed by atoms with Gasteiger partial charge in [0.1, 0.15) is 0 Å². The molecule has 2 aliphatic rings. The maximum atomic E-state index is 5.06. The van der Waals surface area contributed by atoms with E-state index < -0.39 is 0 Å². The van der Waals surface area contributed by atoms with Crippen molar-refractivity contribution in [3.63, 3.8) is 0 Å². The van der Waals surface area contributed by atoms with Gasteiger partial charge in [-0.3, -0.25) is 4.98 Å². The van der Waals surface area contributed by atoms with E-state index in [1.165, 1.54) is 47.7 Å². The van der Waals surface area contributed by atoms with Gasteiger partial charge in [0.05, 0.1) is 11.0 Å². The van der Waals surface area contributed by atoms with Crippen LogP contribution in [0.2, 0.25) is 0 Å².